The second-order valence-electron chi connectivity index (χ2n) is 4.25. The fourth-order valence-electron chi connectivity index (χ4n) is 1.99. The molecule has 2 unspecified atom stereocenters. The molecule has 0 spiro atoms. The van der Waals surface area contributed by atoms with E-state index >= 15 is 0 Å². The van der Waals surface area contributed by atoms with Gasteiger partial charge in [-0.3, -0.25) is 0 Å². The molecule has 90 valence electrons. The summed E-state index contributed by atoms with van der Waals surface area (Å²) in [5, 5.41) is 12.2. The van der Waals surface area contributed by atoms with Crippen molar-refractivity contribution in [1.29, 1.82) is 0 Å². The second kappa shape index (κ2) is 5.48. The minimum Gasteiger partial charge on any atom is -0.462 e. The molecule has 0 amide bonds. The van der Waals surface area contributed by atoms with Crippen molar-refractivity contribution in [2.24, 2.45) is 0 Å². The predicted molar refractivity (Wildman–Crippen MR) is 59.9 cm³/mol. The maximum Gasteiger partial charge on any atom is 0.129 e. The minimum atomic E-state index is -0.0404. The van der Waals surface area contributed by atoms with Crippen LogP contribution in [0, 0.1) is 0 Å². The highest BCUT2D eigenvalue weighted by Crippen LogP contribution is 2.16. The highest BCUT2D eigenvalue weighted by atomic mass is 16.5. The van der Waals surface area contributed by atoms with Gasteiger partial charge in [0, 0.05) is 12.6 Å². The largest absolute Gasteiger partial charge is 0.462 e. The van der Waals surface area contributed by atoms with Crippen LogP contribution in [-0.4, -0.2) is 23.9 Å². The highest BCUT2D eigenvalue weighted by Gasteiger charge is 2.21. The van der Waals surface area contributed by atoms with Gasteiger partial charge >= 0.3 is 0 Å². The fourth-order valence-corrected chi connectivity index (χ4v) is 1.99. The summed E-state index contributed by atoms with van der Waals surface area (Å²) in [5.74, 6) is 1.47. The standard InChI is InChI=1S/C12H19NO3/c1-9(12-3-2-6-15-12)13-7-10-4-5-11(8-14)16-10/h4-5,9,12-14H,2-3,6-8H2,1H3. The number of aliphatic hydroxyl groups is 1. The van der Waals surface area contributed by atoms with Gasteiger partial charge in [0.25, 0.3) is 0 Å². The molecule has 4 nitrogen and oxygen atoms in total. The molecule has 4 heteroatoms. The quantitative estimate of drug-likeness (QED) is 0.796. The normalized spacial score (nSPS) is 22.5. The van der Waals surface area contributed by atoms with Gasteiger partial charge in [0.1, 0.15) is 18.1 Å². The van der Waals surface area contributed by atoms with Crippen LogP contribution in [0.1, 0.15) is 31.3 Å². The molecule has 1 aliphatic rings. The van der Waals surface area contributed by atoms with Gasteiger partial charge in [-0.05, 0) is 31.9 Å². The van der Waals surface area contributed by atoms with Crippen LogP contribution in [0.2, 0.25) is 0 Å². The Balaban J connectivity index is 1.77. The number of nitrogens with one attached hydrogen (secondary N) is 1. The van der Waals surface area contributed by atoms with Crippen molar-refractivity contribution >= 4 is 0 Å². The van der Waals surface area contributed by atoms with E-state index in [0.29, 0.717) is 24.5 Å². The van der Waals surface area contributed by atoms with E-state index in [2.05, 4.69) is 12.2 Å². The topological polar surface area (TPSA) is 54.6 Å². The Bertz CT molecular complexity index is 318. The van der Waals surface area contributed by atoms with Crippen LogP contribution in [0.3, 0.4) is 0 Å². The van der Waals surface area contributed by atoms with Crippen LogP contribution in [0.5, 0.6) is 0 Å². The minimum absolute atomic E-state index is 0.0404. The van der Waals surface area contributed by atoms with Gasteiger partial charge in [0.15, 0.2) is 0 Å². The van der Waals surface area contributed by atoms with Crippen LogP contribution < -0.4 is 5.32 Å². The van der Waals surface area contributed by atoms with Crippen molar-refractivity contribution in [2.45, 2.75) is 45.1 Å². The molecule has 2 rings (SSSR count). The number of furan rings is 1. The van der Waals surface area contributed by atoms with E-state index in [1.165, 1.54) is 0 Å². The first-order chi connectivity index (χ1) is 7.79. The Morgan fingerprint density at radius 3 is 2.94 bits per heavy atom. The van der Waals surface area contributed by atoms with Crippen molar-refractivity contribution in [1.82, 2.24) is 5.32 Å². The van der Waals surface area contributed by atoms with Gasteiger partial charge in [0.05, 0.1) is 12.6 Å². The average Bonchev–Trinajstić information content (AvgIpc) is 2.96. The summed E-state index contributed by atoms with van der Waals surface area (Å²) >= 11 is 0. The highest BCUT2D eigenvalue weighted by molar-refractivity contribution is 5.06. The summed E-state index contributed by atoms with van der Waals surface area (Å²) in [6, 6.07) is 4.03. The first-order valence-corrected chi connectivity index (χ1v) is 5.83. The van der Waals surface area contributed by atoms with Crippen molar-refractivity contribution < 1.29 is 14.3 Å². The maximum atomic E-state index is 8.87. The Labute approximate surface area is 95.6 Å². The predicted octanol–water partition coefficient (Wildman–Crippen LogP) is 1.43. The smallest absolute Gasteiger partial charge is 0.129 e. The van der Waals surface area contributed by atoms with Gasteiger partial charge in [-0.2, -0.15) is 0 Å². The lowest BCUT2D eigenvalue weighted by Crippen LogP contribution is -2.36. The summed E-state index contributed by atoms with van der Waals surface area (Å²) < 4.78 is 11.0. The lowest BCUT2D eigenvalue weighted by molar-refractivity contribution is 0.0825. The molecule has 0 aromatic carbocycles. The Hall–Kier alpha value is -0.840. The van der Waals surface area contributed by atoms with E-state index in [4.69, 9.17) is 14.3 Å². The van der Waals surface area contributed by atoms with Gasteiger partial charge in [-0.1, -0.05) is 0 Å². The third kappa shape index (κ3) is 2.84. The van der Waals surface area contributed by atoms with E-state index < -0.39 is 0 Å². The van der Waals surface area contributed by atoms with E-state index in [-0.39, 0.29) is 6.61 Å². The zero-order valence-corrected chi connectivity index (χ0v) is 9.61. The third-order valence-corrected chi connectivity index (χ3v) is 2.99. The molecule has 0 bridgehead atoms. The molecule has 0 aliphatic carbocycles. The lowest BCUT2D eigenvalue weighted by Gasteiger charge is -2.19. The molecule has 1 aliphatic heterocycles. The average molecular weight is 225 g/mol. The van der Waals surface area contributed by atoms with E-state index in [0.717, 1.165) is 25.2 Å². The molecular weight excluding hydrogens is 206 g/mol. The summed E-state index contributed by atoms with van der Waals surface area (Å²) in [6.07, 6.45) is 2.62. The molecule has 16 heavy (non-hydrogen) atoms. The van der Waals surface area contributed by atoms with Crippen LogP contribution in [0.4, 0.5) is 0 Å². The zero-order chi connectivity index (χ0) is 11.4. The molecule has 1 aromatic heterocycles. The Morgan fingerprint density at radius 2 is 2.31 bits per heavy atom. The molecule has 1 fully saturated rings. The Morgan fingerprint density at radius 1 is 1.50 bits per heavy atom. The SMILES string of the molecule is CC(NCc1ccc(CO)o1)C1CCCO1. The second-order valence-corrected chi connectivity index (χ2v) is 4.25. The van der Waals surface area contributed by atoms with Crippen LogP contribution in [-0.2, 0) is 17.9 Å². The lowest BCUT2D eigenvalue weighted by atomic mass is 10.1. The zero-order valence-electron chi connectivity index (χ0n) is 9.61. The number of aliphatic hydroxyl groups excluding tert-OH is 1. The number of ether oxygens (including phenoxy) is 1. The molecule has 0 radical (unpaired) electrons. The molecule has 1 aromatic rings. The monoisotopic (exact) mass is 225 g/mol. The summed E-state index contributed by atoms with van der Waals surface area (Å²) in [7, 11) is 0. The van der Waals surface area contributed by atoms with Crippen LogP contribution in [0.15, 0.2) is 16.5 Å². The first-order valence-electron chi connectivity index (χ1n) is 5.83. The maximum absolute atomic E-state index is 8.87. The van der Waals surface area contributed by atoms with Crippen LogP contribution in [0.25, 0.3) is 0 Å². The molecule has 0 saturated carbocycles. The van der Waals surface area contributed by atoms with Gasteiger partial charge in [-0.15, -0.1) is 0 Å². The fraction of sp³-hybridized carbons (Fsp3) is 0.667. The molecule has 1 saturated heterocycles. The van der Waals surface area contributed by atoms with Crippen molar-refractivity contribution in [2.75, 3.05) is 6.61 Å². The summed E-state index contributed by atoms with van der Waals surface area (Å²) in [6.45, 7) is 3.65. The third-order valence-electron chi connectivity index (χ3n) is 2.99. The van der Waals surface area contributed by atoms with Crippen molar-refractivity contribution in [3.63, 3.8) is 0 Å². The van der Waals surface area contributed by atoms with E-state index in [1.807, 2.05) is 6.07 Å². The van der Waals surface area contributed by atoms with Crippen LogP contribution >= 0.6 is 0 Å². The summed E-state index contributed by atoms with van der Waals surface area (Å²) in [5.41, 5.74) is 0. The number of hydrogen-bond donors (Lipinski definition) is 2. The molecular formula is C12H19NO3. The van der Waals surface area contributed by atoms with Crippen molar-refractivity contribution in [3.05, 3.63) is 23.7 Å². The van der Waals surface area contributed by atoms with Gasteiger partial charge in [-0.25, -0.2) is 0 Å². The molecule has 2 N–H and O–H groups in total. The first kappa shape index (κ1) is 11.6. The van der Waals surface area contributed by atoms with Gasteiger partial charge < -0.3 is 19.6 Å². The Kier molecular flexibility index (Phi) is 3.98. The van der Waals surface area contributed by atoms with Crippen molar-refractivity contribution in [3.8, 4) is 0 Å². The molecule has 2 heterocycles. The number of rotatable bonds is 5. The van der Waals surface area contributed by atoms with E-state index in [9.17, 15) is 0 Å². The molecule has 2 atom stereocenters. The van der Waals surface area contributed by atoms with Gasteiger partial charge in [0.2, 0.25) is 0 Å². The number of hydrogen-bond acceptors (Lipinski definition) is 4. The summed E-state index contributed by atoms with van der Waals surface area (Å²) in [4.78, 5) is 0. The van der Waals surface area contributed by atoms with E-state index in [1.54, 1.807) is 6.07 Å².